The van der Waals surface area contributed by atoms with Crippen molar-refractivity contribution in [2.24, 2.45) is 4.99 Å². The van der Waals surface area contributed by atoms with Crippen molar-refractivity contribution in [2.75, 3.05) is 46.4 Å². The zero-order valence-corrected chi connectivity index (χ0v) is 18.4. The molecule has 0 bridgehead atoms. The number of aromatic nitrogens is 3. The molecule has 1 aliphatic heterocycles. The van der Waals surface area contributed by atoms with Crippen molar-refractivity contribution in [1.82, 2.24) is 30.3 Å². The molecular formula is C17H26IN7O3. The van der Waals surface area contributed by atoms with Crippen LogP contribution in [0.1, 0.15) is 12.7 Å². The normalized spacial score (nSPS) is 14.6. The minimum atomic E-state index is -0.252. The molecule has 28 heavy (non-hydrogen) atoms. The number of hydrogen-bond acceptors (Lipinski definition) is 6. The summed E-state index contributed by atoms with van der Waals surface area (Å²) in [6, 6.07) is 3.63. The number of nitrogens with one attached hydrogen (secondary N) is 2. The van der Waals surface area contributed by atoms with Gasteiger partial charge in [0.2, 0.25) is 5.82 Å². The van der Waals surface area contributed by atoms with Gasteiger partial charge >= 0.3 is 6.09 Å². The van der Waals surface area contributed by atoms with E-state index in [2.05, 4.69) is 30.4 Å². The molecule has 1 saturated heterocycles. The first-order chi connectivity index (χ1) is 13.2. The SMILES string of the molecule is CCOC(=O)N1CCN(C(=NC)NCCc2nc(-c3ccco3)n[nH]2)CC1.I. The molecule has 0 spiro atoms. The molecule has 3 heterocycles. The fraction of sp³-hybridized carbons (Fsp3) is 0.529. The highest BCUT2D eigenvalue weighted by Crippen LogP contribution is 2.14. The van der Waals surface area contributed by atoms with Crippen molar-refractivity contribution in [3.05, 3.63) is 24.2 Å². The van der Waals surface area contributed by atoms with E-state index in [1.165, 1.54) is 0 Å². The summed E-state index contributed by atoms with van der Waals surface area (Å²) in [5.41, 5.74) is 0. The minimum Gasteiger partial charge on any atom is -0.461 e. The van der Waals surface area contributed by atoms with E-state index in [9.17, 15) is 4.79 Å². The lowest BCUT2D eigenvalue weighted by Gasteiger charge is -2.35. The number of H-pyrrole nitrogens is 1. The first kappa shape index (κ1) is 22.0. The van der Waals surface area contributed by atoms with Crippen LogP contribution < -0.4 is 5.32 Å². The van der Waals surface area contributed by atoms with Crippen LogP contribution >= 0.6 is 24.0 Å². The van der Waals surface area contributed by atoms with E-state index >= 15 is 0 Å². The number of guanidine groups is 1. The second kappa shape index (κ2) is 10.9. The zero-order chi connectivity index (χ0) is 19.1. The Morgan fingerprint density at radius 1 is 1.36 bits per heavy atom. The number of carbonyl (C=O) groups is 1. The van der Waals surface area contributed by atoms with Gasteiger partial charge in [0.05, 0.1) is 12.9 Å². The number of hydrogen-bond donors (Lipinski definition) is 2. The van der Waals surface area contributed by atoms with Crippen molar-refractivity contribution < 1.29 is 13.9 Å². The molecule has 0 aromatic carbocycles. The van der Waals surface area contributed by atoms with E-state index in [1.807, 2.05) is 13.0 Å². The monoisotopic (exact) mass is 503 g/mol. The molecule has 2 N–H and O–H groups in total. The van der Waals surface area contributed by atoms with Crippen molar-refractivity contribution in [3.63, 3.8) is 0 Å². The predicted molar refractivity (Wildman–Crippen MR) is 115 cm³/mol. The number of rotatable bonds is 5. The molecule has 0 aliphatic carbocycles. The lowest BCUT2D eigenvalue weighted by Crippen LogP contribution is -2.54. The Morgan fingerprint density at radius 2 is 2.11 bits per heavy atom. The maximum Gasteiger partial charge on any atom is 0.409 e. The van der Waals surface area contributed by atoms with Gasteiger partial charge in [-0.25, -0.2) is 9.78 Å². The Morgan fingerprint density at radius 3 is 2.75 bits per heavy atom. The molecule has 0 saturated carbocycles. The Kier molecular flexibility index (Phi) is 8.54. The summed E-state index contributed by atoms with van der Waals surface area (Å²) in [5, 5.41) is 10.4. The number of amides is 1. The average Bonchev–Trinajstić information content (AvgIpc) is 3.37. The quantitative estimate of drug-likeness (QED) is 0.362. The first-order valence-corrected chi connectivity index (χ1v) is 9.03. The summed E-state index contributed by atoms with van der Waals surface area (Å²) >= 11 is 0. The van der Waals surface area contributed by atoms with Gasteiger partial charge in [-0.15, -0.1) is 24.0 Å². The van der Waals surface area contributed by atoms with Crippen LogP contribution in [0.15, 0.2) is 27.8 Å². The van der Waals surface area contributed by atoms with Gasteiger partial charge in [0.25, 0.3) is 0 Å². The van der Waals surface area contributed by atoms with E-state index in [-0.39, 0.29) is 30.1 Å². The molecule has 1 fully saturated rings. The number of carbonyl (C=O) groups excluding carboxylic acids is 1. The van der Waals surface area contributed by atoms with Crippen LogP contribution in [-0.2, 0) is 11.2 Å². The molecule has 1 amide bonds. The number of nitrogens with zero attached hydrogens (tertiary/aromatic N) is 5. The average molecular weight is 503 g/mol. The van der Waals surface area contributed by atoms with Gasteiger partial charge in [0.1, 0.15) is 5.82 Å². The summed E-state index contributed by atoms with van der Waals surface area (Å²) in [7, 11) is 1.75. The molecule has 0 atom stereocenters. The van der Waals surface area contributed by atoms with Gasteiger partial charge < -0.3 is 24.3 Å². The second-order valence-corrected chi connectivity index (χ2v) is 5.98. The molecule has 154 valence electrons. The van der Waals surface area contributed by atoms with Crippen LogP contribution in [0.4, 0.5) is 4.79 Å². The Hall–Kier alpha value is -2.31. The molecule has 1 aliphatic rings. The van der Waals surface area contributed by atoms with E-state index in [0.717, 1.165) is 11.8 Å². The Labute approximate surface area is 180 Å². The number of aliphatic imine (C=N–C) groups is 1. The highest BCUT2D eigenvalue weighted by Gasteiger charge is 2.23. The van der Waals surface area contributed by atoms with Gasteiger partial charge in [0.15, 0.2) is 11.7 Å². The van der Waals surface area contributed by atoms with Crippen LogP contribution in [-0.4, -0.2) is 83.4 Å². The minimum absolute atomic E-state index is 0. The number of aromatic amines is 1. The largest absolute Gasteiger partial charge is 0.461 e. The predicted octanol–water partition coefficient (Wildman–Crippen LogP) is 1.57. The first-order valence-electron chi connectivity index (χ1n) is 9.03. The summed E-state index contributed by atoms with van der Waals surface area (Å²) in [5.74, 6) is 2.77. The summed E-state index contributed by atoms with van der Waals surface area (Å²) < 4.78 is 10.3. The maximum atomic E-state index is 11.8. The van der Waals surface area contributed by atoms with Gasteiger partial charge in [0, 0.05) is 46.2 Å². The second-order valence-electron chi connectivity index (χ2n) is 5.98. The summed E-state index contributed by atoms with van der Waals surface area (Å²) in [4.78, 5) is 24.4. The number of piperazine rings is 1. The molecule has 2 aromatic rings. The number of ether oxygens (including phenoxy) is 1. The van der Waals surface area contributed by atoms with Crippen molar-refractivity contribution >= 4 is 36.0 Å². The van der Waals surface area contributed by atoms with E-state index in [1.54, 1.807) is 24.3 Å². The van der Waals surface area contributed by atoms with Crippen molar-refractivity contribution in [2.45, 2.75) is 13.3 Å². The highest BCUT2D eigenvalue weighted by molar-refractivity contribution is 14.0. The fourth-order valence-electron chi connectivity index (χ4n) is 2.86. The Bertz CT molecular complexity index is 755. The lowest BCUT2D eigenvalue weighted by atomic mass is 10.3. The third-order valence-corrected chi connectivity index (χ3v) is 4.24. The van der Waals surface area contributed by atoms with E-state index in [4.69, 9.17) is 9.15 Å². The van der Waals surface area contributed by atoms with Gasteiger partial charge in [-0.2, -0.15) is 5.10 Å². The Balaban J connectivity index is 0.00000280. The third-order valence-electron chi connectivity index (χ3n) is 4.24. The molecule has 2 aromatic heterocycles. The van der Waals surface area contributed by atoms with E-state index < -0.39 is 0 Å². The molecule has 3 rings (SSSR count). The number of halogens is 1. The summed E-state index contributed by atoms with van der Waals surface area (Å²) in [6.07, 6.45) is 2.02. The van der Waals surface area contributed by atoms with Gasteiger partial charge in [-0.3, -0.25) is 10.1 Å². The van der Waals surface area contributed by atoms with Gasteiger partial charge in [-0.05, 0) is 19.1 Å². The smallest absolute Gasteiger partial charge is 0.409 e. The standard InChI is InChI=1S/C17H25N7O3.HI/c1-3-26-17(25)24-10-8-23(9-11-24)16(18-2)19-7-6-14-20-15(22-21-14)13-5-4-12-27-13;/h4-5,12H,3,6-11H2,1-2H3,(H,18,19)(H,20,21,22);1H. The van der Waals surface area contributed by atoms with Crippen LogP contribution in [0.3, 0.4) is 0 Å². The third kappa shape index (κ3) is 5.59. The molecule has 11 heteroatoms. The van der Waals surface area contributed by atoms with Gasteiger partial charge in [-0.1, -0.05) is 0 Å². The number of furan rings is 1. The molecular weight excluding hydrogens is 477 g/mol. The topological polar surface area (TPSA) is 112 Å². The highest BCUT2D eigenvalue weighted by atomic mass is 127. The van der Waals surface area contributed by atoms with Crippen molar-refractivity contribution in [3.8, 4) is 11.6 Å². The van der Waals surface area contributed by atoms with Crippen LogP contribution in [0.2, 0.25) is 0 Å². The molecule has 0 unspecified atom stereocenters. The summed E-state index contributed by atoms with van der Waals surface area (Å²) in [6.45, 7) is 5.53. The maximum absolute atomic E-state index is 11.8. The van der Waals surface area contributed by atoms with Crippen LogP contribution in [0.25, 0.3) is 11.6 Å². The zero-order valence-electron chi connectivity index (χ0n) is 16.1. The van der Waals surface area contributed by atoms with Crippen LogP contribution in [0.5, 0.6) is 0 Å². The van der Waals surface area contributed by atoms with Crippen molar-refractivity contribution in [1.29, 1.82) is 0 Å². The van der Waals surface area contributed by atoms with E-state index in [0.29, 0.717) is 57.3 Å². The van der Waals surface area contributed by atoms with Crippen LogP contribution in [0, 0.1) is 0 Å². The lowest BCUT2D eigenvalue weighted by molar-refractivity contribution is 0.0914. The molecule has 0 radical (unpaired) electrons. The molecule has 10 nitrogen and oxygen atoms in total. The fourth-order valence-corrected chi connectivity index (χ4v) is 2.86.